The molecule has 0 spiro atoms. The van der Waals surface area contributed by atoms with Gasteiger partial charge >= 0.3 is 0 Å². The van der Waals surface area contributed by atoms with Gasteiger partial charge in [-0.15, -0.1) is 0 Å². The second-order valence-electron chi connectivity index (χ2n) is 4.03. The largest absolute Gasteiger partial charge is 0.383 e. The summed E-state index contributed by atoms with van der Waals surface area (Å²) in [5.74, 6) is 0. The van der Waals surface area contributed by atoms with E-state index in [9.17, 15) is 0 Å². The lowest BCUT2D eigenvalue weighted by atomic mass is 10.2. The van der Waals surface area contributed by atoms with Gasteiger partial charge in [0.1, 0.15) is 11.4 Å². The molecule has 6 nitrogen and oxygen atoms in total. The minimum Gasteiger partial charge on any atom is -0.383 e. The van der Waals surface area contributed by atoms with Gasteiger partial charge in [-0.25, -0.2) is 9.97 Å². The lowest BCUT2D eigenvalue weighted by Gasteiger charge is -2.07. The molecular weight excluding hydrogens is 262 g/mol. The molecule has 2 N–H and O–H groups in total. The maximum atomic E-state index is 4.98. The van der Waals surface area contributed by atoms with Crippen LogP contribution in [0.5, 0.6) is 0 Å². The predicted molar refractivity (Wildman–Crippen MR) is 73.1 cm³/mol. The number of nitrogens with zero attached hydrogens (tertiary/aromatic N) is 3. The number of aryl methyl sites for hydroxylation is 1. The summed E-state index contributed by atoms with van der Waals surface area (Å²) < 4.78 is 4.98. The fourth-order valence-electron chi connectivity index (χ4n) is 1.57. The van der Waals surface area contributed by atoms with Gasteiger partial charge in [0.2, 0.25) is 0 Å². The Morgan fingerprint density at radius 2 is 2.32 bits per heavy atom. The standard InChI is InChI=1S/C12H17N5OS/c1-9-5-10(6-13-3-4-18-2)7-14-11(9)19-12-15-8-16-17-12/h5,7-8,13H,3-4,6H2,1-2H3,(H,15,16,17). The second-order valence-corrected chi connectivity index (χ2v) is 5.01. The highest BCUT2D eigenvalue weighted by Crippen LogP contribution is 2.25. The zero-order valence-corrected chi connectivity index (χ0v) is 11.8. The summed E-state index contributed by atoms with van der Waals surface area (Å²) in [6, 6.07) is 2.13. The maximum absolute atomic E-state index is 4.98. The normalized spacial score (nSPS) is 10.8. The van der Waals surface area contributed by atoms with Crippen molar-refractivity contribution < 1.29 is 4.74 Å². The van der Waals surface area contributed by atoms with E-state index < -0.39 is 0 Å². The molecule has 2 aromatic rings. The highest BCUT2D eigenvalue weighted by Gasteiger charge is 2.06. The summed E-state index contributed by atoms with van der Waals surface area (Å²) in [7, 11) is 1.70. The van der Waals surface area contributed by atoms with Crippen LogP contribution in [0.4, 0.5) is 0 Å². The van der Waals surface area contributed by atoms with E-state index in [1.807, 2.05) is 13.1 Å². The minimum atomic E-state index is 0.714. The van der Waals surface area contributed by atoms with Gasteiger partial charge in [-0.3, -0.25) is 5.10 Å². The van der Waals surface area contributed by atoms with Crippen molar-refractivity contribution in [2.45, 2.75) is 23.7 Å². The second kappa shape index (κ2) is 7.22. The average molecular weight is 279 g/mol. The van der Waals surface area contributed by atoms with E-state index in [1.165, 1.54) is 18.1 Å². The monoisotopic (exact) mass is 279 g/mol. The predicted octanol–water partition coefficient (Wildman–Crippen LogP) is 1.40. The van der Waals surface area contributed by atoms with Gasteiger partial charge in [-0.1, -0.05) is 6.07 Å². The summed E-state index contributed by atoms with van der Waals surface area (Å²) in [4.78, 5) is 8.53. The molecule has 102 valence electrons. The van der Waals surface area contributed by atoms with Crippen LogP contribution in [0.15, 0.2) is 28.8 Å². The third kappa shape index (κ3) is 4.30. The van der Waals surface area contributed by atoms with Crippen molar-refractivity contribution in [3.05, 3.63) is 29.7 Å². The molecule has 0 aliphatic heterocycles. The van der Waals surface area contributed by atoms with E-state index in [2.05, 4.69) is 31.5 Å². The lowest BCUT2D eigenvalue weighted by Crippen LogP contribution is -2.18. The van der Waals surface area contributed by atoms with Crippen molar-refractivity contribution in [2.75, 3.05) is 20.3 Å². The van der Waals surface area contributed by atoms with Crippen LogP contribution in [-0.4, -0.2) is 40.4 Å². The number of methoxy groups -OCH3 is 1. The summed E-state index contributed by atoms with van der Waals surface area (Å²) in [5, 5.41) is 11.6. The first kappa shape index (κ1) is 14.0. The number of aromatic nitrogens is 4. The Morgan fingerprint density at radius 3 is 3.00 bits per heavy atom. The Morgan fingerprint density at radius 1 is 1.42 bits per heavy atom. The van der Waals surface area contributed by atoms with Crippen molar-refractivity contribution in [3.8, 4) is 0 Å². The summed E-state index contributed by atoms with van der Waals surface area (Å²) in [5.41, 5.74) is 2.29. The topological polar surface area (TPSA) is 75.7 Å². The number of nitrogens with one attached hydrogen (secondary N) is 2. The van der Waals surface area contributed by atoms with Crippen molar-refractivity contribution >= 4 is 11.8 Å². The van der Waals surface area contributed by atoms with Gasteiger partial charge in [-0.05, 0) is 29.8 Å². The molecule has 0 unspecified atom stereocenters. The molecule has 0 saturated carbocycles. The summed E-state index contributed by atoms with van der Waals surface area (Å²) in [6.07, 6.45) is 3.37. The Bertz CT molecular complexity index is 503. The van der Waals surface area contributed by atoms with Crippen LogP contribution in [0.1, 0.15) is 11.1 Å². The first-order chi connectivity index (χ1) is 9.29. The van der Waals surface area contributed by atoms with Crippen LogP contribution in [0.25, 0.3) is 0 Å². The van der Waals surface area contributed by atoms with Gasteiger partial charge in [0.15, 0.2) is 5.16 Å². The zero-order chi connectivity index (χ0) is 13.5. The first-order valence-electron chi connectivity index (χ1n) is 5.98. The van der Waals surface area contributed by atoms with Crippen LogP contribution >= 0.6 is 11.8 Å². The number of hydrogen-bond donors (Lipinski definition) is 2. The Labute approximate surface area is 116 Å². The van der Waals surface area contributed by atoms with Gasteiger partial charge in [0.05, 0.1) is 6.61 Å². The number of ether oxygens (including phenoxy) is 1. The van der Waals surface area contributed by atoms with Crippen LogP contribution < -0.4 is 5.32 Å². The Kier molecular flexibility index (Phi) is 5.31. The van der Waals surface area contributed by atoms with Crippen molar-refractivity contribution in [3.63, 3.8) is 0 Å². The molecule has 0 bridgehead atoms. The molecule has 2 heterocycles. The molecule has 0 amide bonds. The van der Waals surface area contributed by atoms with E-state index in [0.29, 0.717) is 6.61 Å². The molecule has 2 aromatic heterocycles. The molecule has 0 saturated heterocycles. The molecule has 0 aromatic carbocycles. The van der Waals surface area contributed by atoms with E-state index in [4.69, 9.17) is 4.74 Å². The maximum Gasteiger partial charge on any atom is 0.189 e. The molecule has 7 heteroatoms. The molecule has 0 aliphatic rings. The fraction of sp³-hybridized carbons (Fsp3) is 0.417. The average Bonchev–Trinajstić information content (AvgIpc) is 2.91. The first-order valence-corrected chi connectivity index (χ1v) is 6.79. The molecule has 19 heavy (non-hydrogen) atoms. The van der Waals surface area contributed by atoms with Crippen molar-refractivity contribution in [1.82, 2.24) is 25.5 Å². The number of aromatic amines is 1. The van der Waals surface area contributed by atoms with Crippen LogP contribution in [-0.2, 0) is 11.3 Å². The molecule has 0 fully saturated rings. The third-order valence-electron chi connectivity index (χ3n) is 2.49. The fourth-order valence-corrected chi connectivity index (χ4v) is 2.27. The Balaban J connectivity index is 1.93. The number of pyridine rings is 1. The molecule has 0 aliphatic carbocycles. The summed E-state index contributed by atoms with van der Waals surface area (Å²) >= 11 is 1.48. The molecular formula is C12H17N5OS. The smallest absolute Gasteiger partial charge is 0.189 e. The van der Waals surface area contributed by atoms with E-state index in [1.54, 1.807) is 7.11 Å². The molecule has 0 radical (unpaired) electrons. The SMILES string of the molecule is COCCNCc1cnc(Sc2ncn[nH]2)c(C)c1. The zero-order valence-electron chi connectivity index (χ0n) is 11.0. The lowest BCUT2D eigenvalue weighted by molar-refractivity contribution is 0.199. The highest BCUT2D eigenvalue weighted by molar-refractivity contribution is 7.99. The summed E-state index contributed by atoms with van der Waals surface area (Å²) in [6.45, 7) is 4.39. The van der Waals surface area contributed by atoms with Crippen LogP contribution in [0.3, 0.4) is 0 Å². The van der Waals surface area contributed by atoms with Gasteiger partial charge in [0, 0.05) is 26.4 Å². The molecule has 0 atom stereocenters. The van der Waals surface area contributed by atoms with Crippen LogP contribution in [0.2, 0.25) is 0 Å². The van der Waals surface area contributed by atoms with E-state index in [-0.39, 0.29) is 0 Å². The van der Waals surface area contributed by atoms with Crippen LogP contribution in [0, 0.1) is 6.92 Å². The van der Waals surface area contributed by atoms with Gasteiger partial charge in [0.25, 0.3) is 0 Å². The molecule has 2 rings (SSSR count). The highest BCUT2D eigenvalue weighted by atomic mass is 32.2. The Hall–Kier alpha value is -1.44. The number of hydrogen-bond acceptors (Lipinski definition) is 6. The van der Waals surface area contributed by atoms with E-state index in [0.717, 1.165) is 34.4 Å². The quantitative estimate of drug-likeness (QED) is 0.746. The van der Waals surface area contributed by atoms with Gasteiger partial charge in [-0.2, -0.15) is 5.10 Å². The number of rotatable bonds is 7. The van der Waals surface area contributed by atoms with E-state index >= 15 is 0 Å². The van der Waals surface area contributed by atoms with Crippen molar-refractivity contribution in [2.24, 2.45) is 0 Å². The minimum absolute atomic E-state index is 0.714. The third-order valence-corrected chi connectivity index (χ3v) is 3.50. The van der Waals surface area contributed by atoms with Gasteiger partial charge < -0.3 is 10.1 Å². The number of H-pyrrole nitrogens is 1. The van der Waals surface area contributed by atoms with Crippen molar-refractivity contribution in [1.29, 1.82) is 0 Å².